The van der Waals surface area contributed by atoms with Gasteiger partial charge in [0.1, 0.15) is 6.54 Å². The summed E-state index contributed by atoms with van der Waals surface area (Å²) >= 11 is 0. The largest absolute Gasteiger partial charge is 0.353 e. The van der Waals surface area contributed by atoms with Gasteiger partial charge in [-0.25, -0.2) is 0 Å². The molecule has 23 heavy (non-hydrogen) atoms. The first-order chi connectivity index (χ1) is 11.0. The average Bonchev–Trinajstić information content (AvgIpc) is 2.49. The molecule has 1 aromatic heterocycles. The Balaban J connectivity index is 1.80. The summed E-state index contributed by atoms with van der Waals surface area (Å²) in [7, 11) is 0. The molecular weight excluding hydrogens is 296 g/mol. The van der Waals surface area contributed by atoms with E-state index in [1.165, 1.54) is 10.6 Å². The zero-order valence-corrected chi connectivity index (χ0v) is 13.7. The minimum absolute atomic E-state index is 0.00983. The molecule has 7 nitrogen and oxygen atoms in total. The van der Waals surface area contributed by atoms with Gasteiger partial charge < -0.3 is 14.8 Å². The molecule has 0 radical (unpaired) electrons. The Bertz CT molecular complexity index is 603. The SMILES string of the molecule is CC(C)NC(=O)CN1CCN(C(=O)Cn2ccccc2=O)CC1. The molecule has 0 aromatic carbocycles. The Kier molecular flexibility index (Phi) is 5.92. The topological polar surface area (TPSA) is 74.7 Å². The fraction of sp³-hybridized carbons (Fsp3) is 0.562. The van der Waals surface area contributed by atoms with Crippen LogP contribution in [0.15, 0.2) is 29.2 Å². The summed E-state index contributed by atoms with van der Waals surface area (Å²) < 4.78 is 1.41. The summed E-state index contributed by atoms with van der Waals surface area (Å²) in [5.41, 5.74) is -0.176. The molecule has 7 heteroatoms. The summed E-state index contributed by atoms with van der Waals surface area (Å²) in [5, 5.41) is 2.86. The standard InChI is InChI=1S/C16H24N4O3/c1-13(2)17-14(21)11-18-7-9-19(10-8-18)16(23)12-20-6-4-3-5-15(20)22/h3-6,13H,7-12H2,1-2H3,(H,17,21). The number of hydrogen-bond acceptors (Lipinski definition) is 4. The van der Waals surface area contributed by atoms with E-state index in [4.69, 9.17) is 0 Å². The van der Waals surface area contributed by atoms with Crippen LogP contribution in [0.5, 0.6) is 0 Å². The smallest absolute Gasteiger partial charge is 0.250 e. The molecule has 1 aliphatic rings. The molecule has 1 N–H and O–H groups in total. The van der Waals surface area contributed by atoms with Crippen molar-refractivity contribution in [3.8, 4) is 0 Å². The van der Waals surface area contributed by atoms with Crippen molar-refractivity contribution in [1.82, 2.24) is 19.7 Å². The van der Waals surface area contributed by atoms with E-state index in [0.717, 1.165) is 0 Å². The quantitative estimate of drug-likeness (QED) is 0.795. The highest BCUT2D eigenvalue weighted by atomic mass is 16.2. The van der Waals surface area contributed by atoms with Crippen molar-refractivity contribution in [3.63, 3.8) is 0 Å². The Morgan fingerprint density at radius 2 is 1.83 bits per heavy atom. The van der Waals surface area contributed by atoms with Crippen LogP contribution in [-0.2, 0) is 16.1 Å². The second-order valence-corrected chi connectivity index (χ2v) is 6.05. The number of piperazine rings is 1. The van der Waals surface area contributed by atoms with Gasteiger partial charge in [-0.05, 0) is 19.9 Å². The number of aromatic nitrogens is 1. The lowest BCUT2D eigenvalue weighted by atomic mass is 10.3. The monoisotopic (exact) mass is 320 g/mol. The molecule has 2 heterocycles. The van der Waals surface area contributed by atoms with Crippen LogP contribution in [0.25, 0.3) is 0 Å². The van der Waals surface area contributed by atoms with E-state index in [1.807, 2.05) is 18.7 Å². The Morgan fingerprint density at radius 1 is 1.13 bits per heavy atom. The van der Waals surface area contributed by atoms with E-state index in [1.54, 1.807) is 23.2 Å². The highest BCUT2D eigenvalue weighted by molar-refractivity contribution is 5.78. The highest BCUT2D eigenvalue weighted by Crippen LogP contribution is 2.03. The van der Waals surface area contributed by atoms with Crippen molar-refractivity contribution in [1.29, 1.82) is 0 Å². The fourth-order valence-electron chi connectivity index (χ4n) is 2.56. The average molecular weight is 320 g/mol. The predicted octanol–water partition coefficient (Wildman–Crippen LogP) is -0.483. The number of carbonyl (C=O) groups is 2. The lowest BCUT2D eigenvalue weighted by Crippen LogP contribution is -2.52. The maximum atomic E-state index is 12.3. The maximum absolute atomic E-state index is 12.3. The van der Waals surface area contributed by atoms with Crippen molar-refractivity contribution in [2.24, 2.45) is 0 Å². The summed E-state index contributed by atoms with van der Waals surface area (Å²) in [5.74, 6) is -0.0554. The minimum atomic E-state index is -0.176. The van der Waals surface area contributed by atoms with Crippen molar-refractivity contribution in [2.75, 3.05) is 32.7 Å². The minimum Gasteiger partial charge on any atom is -0.353 e. The van der Waals surface area contributed by atoms with E-state index < -0.39 is 0 Å². The third-order valence-corrected chi connectivity index (χ3v) is 3.75. The molecule has 0 saturated carbocycles. The van der Waals surface area contributed by atoms with Crippen LogP contribution in [0.3, 0.4) is 0 Å². The molecule has 1 fully saturated rings. The number of nitrogens with one attached hydrogen (secondary N) is 1. The third-order valence-electron chi connectivity index (χ3n) is 3.75. The normalized spacial score (nSPS) is 15.7. The molecule has 1 saturated heterocycles. The lowest BCUT2D eigenvalue weighted by molar-refractivity contribution is -0.134. The van der Waals surface area contributed by atoms with Crippen LogP contribution in [-0.4, -0.2) is 64.9 Å². The molecule has 1 aromatic rings. The molecular formula is C16H24N4O3. The molecule has 1 aliphatic heterocycles. The van der Waals surface area contributed by atoms with Crippen molar-refractivity contribution < 1.29 is 9.59 Å². The summed E-state index contributed by atoms with van der Waals surface area (Å²) in [4.78, 5) is 39.4. The van der Waals surface area contributed by atoms with Gasteiger partial charge >= 0.3 is 0 Å². The second kappa shape index (κ2) is 7.92. The highest BCUT2D eigenvalue weighted by Gasteiger charge is 2.22. The van der Waals surface area contributed by atoms with Crippen LogP contribution >= 0.6 is 0 Å². The summed E-state index contributed by atoms with van der Waals surface area (Å²) in [6.07, 6.45) is 1.62. The van der Waals surface area contributed by atoms with Crippen molar-refractivity contribution >= 4 is 11.8 Å². The third kappa shape index (κ3) is 5.21. The van der Waals surface area contributed by atoms with E-state index in [9.17, 15) is 14.4 Å². The van der Waals surface area contributed by atoms with Crippen LogP contribution in [0.1, 0.15) is 13.8 Å². The van der Waals surface area contributed by atoms with Gasteiger partial charge in [-0.2, -0.15) is 0 Å². The fourth-order valence-corrected chi connectivity index (χ4v) is 2.56. The molecule has 0 atom stereocenters. The molecule has 2 amide bonds. The van der Waals surface area contributed by atoms with Gasteiger partial charge in [-0.15, -0.1) is 0 Å². The van der Waals surface area contributed by atoms with Crippen molar-refractivity contribution in [3.05, 3.63) is 34.7 Å². The first-order valence-corrected chi connectivity index (χ1v) is 7.90. The van der Waals surface area contributed by atoms with E-state index in [0.29, 0.717) is 32.7 Å². The number of rotatable bonds is 5. The van der Waals surface area contributed by atoms with Crippen LogP contribution in [0, 0.1) is 0 Å². The van der Waals surface area contributed by atoms with Gasteiger partial charge in [0, 0.05) is 44.5 Å². The van der Waals surface area contributed by atoms with Crippen LogP contribution < -0.4 is 10.9 Å². The first kappa shape index (κ1) is 17.2. The Hall–Kier alpha value is -2.15. The number of amides is 2. The van der Waals surface area contributed by atoms with Gasteiger partial charge in [-0.1, -0.05) is 6.07 Å². The number of pyridine rings is 1. The molecule has 2 rings (SSSR count). The van der Waals surface area contributed by atoms with Gasteiger partial charge in [0.25, 0.3) is 5.56 Å². The van der Waals surface area contributed by atoms with Crippen LogP contribution in [0.4, 0.5) is 0 Å². The molecule has 126 valence electrons. The molecule has 0 spiro atoms. The number of nitrogens with zero attached hydrogens (tertiary/aromatic N) is 3. The molecule has 0 aliphatic carbocycles. The predicted molar refractivity (Wildman–Crippen MR) is 87.0 cm³/mol. The number of hydrogen-bond donors (Lipinski definition) is 1. The Morgan fingerprint density at radius 3 is 2.43 bits per heavy atom. The summed E-state index contributed by atoms with van der Waals surface area (Å²) in [6.45, 7) is 6.78. The molecule has 0 unspecified atom stereocenters. The van der Waals surface area contributed by atoms with E-state index in [-0.39, 0.29) is 30.0 Å². The zero-order chi connectivity index (χ0) is 16.8. The number of carbonyl (C=O) groups excluding carboxylic acids is 2. The lowest BCUT2D eigenvalue weighted by Gasteiger charge is -2.34. The van der Waals surface area contributed by atoms with Gasteiger partial charge in [0.05, 0.1) is 6.54 Å². The Labute approximate surface area is 135 Å². The maximum Gasteiger partial charge on any atom is 0.250 e. The van der Waals surface area contributed by atoms with E-state index in [2.05, 4.69) is 5.32 Å². The van der Waals surface area contributed by atoms with Crippen LogP contribution in [0.2, 0.25) is 0 Å². The van der Waals surface area contributed by atoms with Gasteiger partial charge in [0.2, 0.25) is 11.8 Å². The van der Waals surface area contributed by atoms with Crippen molar-refractivity contribution in [2.45, 2.75) is 26.4 Å². The van der Waals surface area contributed by atoms with Gasteiger partial charge in [0.15, 0.2) is 0 Å². The molecule has 0 bridgehead atoms. The van der Waals surface area contributed by atoms with Gasteiger partial charge in [-0.3, -0.25) is 19.3 Å². The summed E-state index contributed by atoms with van der Waals surface area (Å²) in [6, 6.07) is 4.97. The second-order valence-electron chi connectivity index (χ2n) is 6.05. The zero-order valence-electron chi connectivity index (χ0n) is 13.7. The first-order valence-electron chi connectivity index (χ1n) is 7.90. The van der Waals surface area contributed by atoms with E-state index >= 15 is 0 Å².